The maximum Gasteiger partial charge on any atom is 0.259 e. The molecule has 0 saturated carbocycles. The fourth-order valence-corrected chi connectivity index (χ4v) is 4.10. The Bertz CT molecular complexity index is 673. The highest BCUT2D eigenvalue weighted by Crippen LogP contribution is 2.35. The predicted octanol–water partition coefficient (Wildman–Crippen LogP) is 2.39. The molecule has 0 amide bonds. The number of nitrogens with one attached hydrogen (secondary N) is 2. The smallest absolute Gasteiger partial charge is 0.259 e. The quantitative estimate of drug-likeness (QED) is 0.886. The van der Waals surface area contributed by atoms with Gasteiger partial charge in [-0.2, -0.15) is 0 Å². The molecule has 0 saturated heterocycles. The van der Waals surface area contributed by atoms with Crippen molar-refractivity contribution in [2.75, 3.05) is 7.05 Å². The van der Waals surface area contributed by atoms with Crippen LogP contribution < -0.4 is 10.9 Å². The van der Waals surface area contributed by atoms with Crippen LogP contribution in [0.2, 0.25) is 0 Å². The van der Waals surface area contributed by atoms with E-state index >= 15 is 0 Å². The molecule has 0 bridgehead atoms. The molecule has 0 radical (unpaired) electrons. The molecular weight excluding hydrogens is 258 g/mol. The van der Waals surface area contributed by atoms with Gasteiger partial charge in [-0.1, -0.05) is 6.92 Å². The third kappa shape index (κ3) is 2.11. The second-order valence-electron chi connectivity index (χ2n) is 5.49. The predicted molar refractivity (Wildman–Crippen MR) is 78.9 cm³/mol. The van der Waals surface area contributed by atoms with Crippen LogP contribution in [0.1, 0.15) is 42.6 Å². The van der Waals surface area contributed by atoms with Crippen LogP contribution >= 0.6 is 11.3 Å². The van der Waals surface area contributed by atoms with Crippen LogP contribution in [0, 0.1) is 5.92 Å². The molecule has 2 heterocycles. The largest absolute Gasteiger partial charge is 0.311 e. The molecule has 1 aliphatic carbocycles. The first kappa shape index (κ1) is 12.8. The number of hydrogen-bond donors (Lipinski definition) is 2. The number of hydrogen-bond acceptors (Lipinski definition) is 4. The molecule has 0 aliphatic heterocycles. The molecule has 2 aromatic heterocycles. The molecule has 5 heteroatoms. The highest BCUT2D eigenvalue weighted by molar-refractivity contribution is 7.18. The van der Waals surface area contributed by atoms with Gasteiger partial charge < -0.3 is 10.3 Å². The van der Waals surface area contributed by atoms with E-state index in [4.69, 9.17) is 0 Å². The number of nitrogens with zero attached hydrogens (tertiary/aromatic N) is 1. The van der Waals surface area contributed by atoms with Crippen molar-refractivity contribution in [3.05, 3.63) is 26.6 Å². The number of rotatable bonds is 2. The van der Waals surface area contributed by atoms with Crippen LogP contribution in [0.3, 0.4) is 0 Å². The molecule has 0 aromatic carbocycles. The van der Waals surface area contributed by atoms with Crippen LogP contribution in [0.25, 0.3) is 10.2 Å². The van der Waals surface area contributed by atoms with E-state index in [0.717, 1.165) is 34.8 Å². The van der Waals surface area contributed by atoms with Crippen molar-refractivity contribution in [1.29, 1.82) is 0 Å². The highest BCUT2D eigenvalue weighted by atomic mass is 32.1. The van der Waals surface area contributed by atoms with Crippen LogP contribution in [-0.2, 0) is 12.8 Å². The molecule has 1 aliphatic rings. The number of fused-ring (bicyclic) bond motifs is 3. The Balaban J connectivity index is 2.19. The topological polar surface area (TPSA) is 57.8 Å². The summed E-state index contributed by atoms with van der Waals surface area (Å²) in [6, 6.07) is 0.0650. The molecule has 3 rings (SSSR count). The van der Waals surface area contributed by atoms with Gasteiger partial charge in [-0.3, -0.25) is 4.79 Å². The fraction of sp³-hybridized carbons (Fsp3) is 0.571. The summed E-state index contributed by atoms with van der Waals surface area (Å²) in [4.78, 5) is 22.1. The van der Waals surface area contributed by atoms with Crippen molar-refractivity contribution < 1.29 is 0 Å². The van der Waals surface area contributed by atoms with Gasteiger partial charge in [0.15, 0.2) is 0 Å². The van der Waals surface area contributed by atoms with E-state index in [1.54, 1.807) is 11.3 Å². The van der Waals surface area contributed by atoms with Gasteiger partial charge in [0.25, 0.3) is 5.56 Å². The maximum atomic E-state index is 12.3. The summed E-state index contributed by atoms with van der Waals surface area (Å²) >= 11 is 1.70. The summed E-state index contributed by atoms with van der Waals surface area (Å²) in [6.07, 6.45) is 3.28. The minimum atomic E-state index is 0.0224. The van der Waals surface area contributed by atoms with Crippen molar-refractivity contribution in [3.8, 4) is 0 Å². The summed E-state index contributed by atoms with van der Waals surface area (Å²) in [7, 11) is 1.87. The van der Waals surface area contributed by atoms with E-state index < -0.39 is 0 Å². The third-order valence-electron chi connectivity index (χ3n) is 4.03. The van der Waals surface area contributed by atoms with Crippen LogP contribution in [0.5, 0.6) is 0 Å². The monoisotopic (exact) mass is 277 g/mol. The van der Waals surface area contributed by atoms with Crippen molar-refractivity contribution in [2.24, 2.45) is 5.92 Å². The summed E-state index contributed by atoms with van der Waals surface area (Å²) in [5.74, 6) is 1.45. The molecule has 0 unspecified atom stereocenters. The second kappa shape index (κ2) is 4.72. The molecule has 4 nitrogen and oxygen atoms in total. The normalized spacial score (nSPS) is 20.5. The number of aryl methyl sites for hydroxylation is 1. The second-order valence-corrected chi connectivity index (χ2v) is 6.58. The molecule has 2 N–H and O–H groups in total. The summed E-state index contributed by atoms with van der Waals surface area (Å²) < 4.78 is 0. The van der Waals surface area contributed by atoms with Crippen LogP contribution in [-0.4, -0.2) is 17.0 Å². The lowest BCUT2D eigenvalue weighted by Gasteiger charge is -2.17. The number of thiophene rings is 1. The lowest BCUT2D eigenvalue weighted by atomic mass is 9.89. The molecule has 2 atom stereocenters. The van der Waals surface area contributed by atoms with Crippen LogP contribution in [0.15, 0.2) is 4.79 Å². The van der Waals surface area contributed by atoms with Gasteiger partial charge in [0.1, 0.15) is 10.7 Å². The number of aromatic amines is 1. The van der Waals surface area contributed by atoms with Gasteiger partial charge in [-0.05, 0) is 44.7 Å². The third-order valence-corrected chi connectivity index (χ3v) is 5.18. The van der Waals surface area contributed by atoms with Gasteiger partial charge >= 0.3 is 0 Å². The van der Waals surface area contributed by atoms with Gasteiger partial charge in [0, 0.05) is 4.88 Å². The van der Waals surface area contributed by atoms with E-state index in [1.807, 2.05) is 14.0 Å². The minimum Gasteiger partial charge on any atom is -0.311 e. The first-order chi connectivity index (χ1) is 9.10. The standard InChI is InChI=1S/C14H19N3OS/c1-7-4-5-9-10(6-7)19-14-11(9)13(18)16-12(17-14)8(2)15-3/h7-8,15H,4-6H2,1-3H3,(H,16,17,18)/t7-,8-/m0/s1. The lowest BCUT2D eigenvalue weighted by molar-refractivity contribution is 0.509. The number of H-pyrrole nitrogens is 1. The Kier molecular flexibility index (Phi) is 3.19. The highest BCUT2D eigenvalue weighted by Gasteiger charge is 2.23. The Morgan fingerprint density at radius 1 is 1.53 bits per heavy atom. The zero-order valence-corrected chi connectivity index (χ0v) is 12.4. The van der Waals surface area contributed by atoms with E-state index in [0.29, 0.717) is 0 Å². The molecule has 102 valence electrons. The lowest BCUT2D eigenvalue weighted by Crippen LogP contribution is -2.20. The summed E-state index contributed by atoms with van der Waals surface area (Å²) in [5.41, 5.74) is 1.27. The SMILES string of the molecule is CN[C@@H](C)c1nc2sc3c(c2c(=O)[nH]1)CC[C@H](C)C3. The van der Waals surface area contributed by atoms with Crippen LogP contribution in [0.4, 0.5) is 0 Å². The first-order valence-corrected chi connectivity index (χ1v) is 7.63. The van der Waals surface area contributed by atoms with E-state index in [-0.39, 0.29) is 11.6 Å². The van der Waals surface area contributed by atoms with E-state index in [9.17, 15) is 4.79 Å². The molecule has 0 spiro atoms. The molecule has 0 fully saturated rings. The van der Waals surface area contributed by atoms with Crippen molar-refractivity contribution in [1.82, 2.24) is 15.3 Å². The molecular formula is C14H19N3OS. The zero-order chi connectivity index (χ0) is 13.6. The van der Waals surface area contributed by atoms with Crippen molar-refractivity contribution in [2.45, 2.75) is 39.2 Å². The fourth-order valence-electron chi connectivity index (χ4n) is 2.71. The summed E-state index contributed by atoms with van der Waals surface area (Å²) in [6.45, 7) is 4.28. The van der Waals surface area contributed by atoms with E-state index in [1.165, 1.54) is 16.9 Å². The Labute approximate surface area is 116 Å². The Morgan fingerprint density at radius 2 is 2.32 bits per heavy atom. The maximum absolute atomic E-state index is 12.3. The molecule has 19 heavy (non-hydrogen) atoms. The first-order valence-electron chi connectivity index (χ1n) is 6.82. The van der Waals surface area contributed by atoms with Gasteiger partial charge in [0.05, 0.1) is 11.4 Å². The average molecular weight is 277 g/mol. The van der Waals surface area contributed by atoms with Gasteiger partial charge in [-0.15, -0.1) is 11.3 Å². The minimum absolute atomic E-state index is 0.0224. The average Bonchev–Trinajstić information content (AvgIpc) is 2.75. The van der Waals surface area contributed by atoms with Crippen molar-refractivity contribution in [3.63, 3.8) is 0 Å². The van der Waals surface area contributed by atoms with Gasteiger partial charge in [0.2, 0.25) is 0 Å². The molecule has 2 aromatic rings. The van der Waals surface area contributed by atoms with E-state index in [2.05, 4.69) is 22.2 Å². The number of aromatic nitrogens is 2. The van der Waals surface area contributed by atoms with Crippen molar-refractivity contribution >= 4 is 21.6 Å². The Hall–Kier alpha value is -1.20. The summed E-state index contributed by atoms with van der Waals surface area (Å²) in [5, 5.41) is 3.95. The van der Waals surface area contributed by atoms with Gasteiger partial charge in [-0.25, -0.2) is 4.98 Å². The zero-order valence-electron chi connectivity index (χ0n) is 11.5. The Morgan fingerprint density at radius 3 is 3.05 bits per heavy atom.